The fraction of sp³-hybridized carbons (Fsp3) is 0.345. The van der Waals surface area contributed by atoms with Crippen molar-refractivity contribution in [2.75, 3.05) is 18.5 Å². The number of hydrogen-bond donors (Lipinski definition) is 3. The van der Waals surface area contributed by atoms with Crippen LogP contribution < -0.4 is 10.6 Å². The Morgan fingerprint density at radius 1 is 1.23 bits per heavy atom. The van der Waals surface area contributed by atoms with Crippen LogP contribution in [-0.4, -0.2) is 30.2 Å². The van der Waals surface area contributed by atoms with Gasteiger partial charge in [-0.25, -0.2) is 4.98 Å². The quantitative estimate of drug-likeness (QED) is 0.321. The normalized spacial score (nSPS) is 18.6. The number of rotatable bonds is 8. The molecule has 0 unspecified atom stereocenters. The number of carbonyl (C=O) groups excluding carboxylic acids is 1. The van der Waals surface area contributed by atoms with Gasteiger partial charge in [0, 0.05) is 47.5 Å². The Morgan fingerprint density at radius 2 is 2.06 bits per heavy atom. The Balaban J connectivity index is 1.74. The van der Waals surface area contributed by atoms with Crippen molar-refractivity contribution in [3.63, 3.8) is 0 Å². The Bertz CT molecular complexity index is 1230. The summed E-state index contributed by atoms with van der Waals surface area (Å²) in [7, 11) is 0. The first kappa shape index (κ1) is 24.6. The predicted molar refractivity (Wildman–Crippen MR) is 143 cm³/mol. The van der Waals surface area contributed by atoms with E-state index >= 15 is 0 Å². The fourth-order valence-electron chi connectivity index (χ4n) is 4.90. The highest BCUT2D eigenvalue weighted by Gasteiger charge is 2.22. The molecule has 6 heteroatoms. The molecule has 182 valence electrons. The number of carbonyl (C=O) groups is 1. The van der Waals surface area contributed by atoms with E-state index < -0.39 is 0 Å². The first-order valence-electron chi connectivity index (χ1n) is 12.3. The fourth-order valence-corrected chi connectivity index (χ4v) is 4.90. The van der Waals surface area contributed by atoms with Gasteiger partial charge in [-0.3, -0.25) is 4.79 Å². The molecule has 0 aliphatic carbocycles. The van der Waals surface area contributed by atoms with Crippen LogP contribution in [0.15, 0.2) is 53.9 Å². The summed E-state index contributed by atoms with van der Waals surface area (Å²) in [6.07, 6.45) is 9.80. The molecule has 0 spiro atoms. The molecule has 0 bridgehead atoms. The molecule has 0 saturated carbocycles. The van der Waals surface area contributed by atoms with Crippen molar-refractivity contribution < 1.29 is 9.53 Å². The van der Waals surface area contributed by atoms with Gasteiger partial charge in [0.15, 0.2) is 5.78 Å². The van der Waals surface area contributed by atoms with Gasteiger partial charge in [0.05, 0.1) is 12.3 Å². The summed E-state index contributed by atoms with van der Waals surface area (Å²) in [5.41, 5.74) is 8.22. The van der Waals surface area contributed by atoms with E-state index in [4.69, 9.17) is 15.1 Å². The number of benzene rings is 1. The van der Waals surface area contributed by atoms with E-state index in [-0.39, 0.29) is 5.78 Å². The van der Waals surface area contributed by atoms with Gasteiger partial charge in [-0.15, -0.1) is 0 Å². The van der Waals surface area contributed by atoms with Crippen LogP contribution in [0.3, 0.4) is 0 Å². The second-order valence-electron chi connectivity index (χ2n) is 9.03. The van der Waals surface area contributed by atoms with E-state index in [1.807, 2.05) is 50.4 Å². The molecule has 1 aromatic carbocycles. The average Bonchev–Trinajstić information content (AvgIpc) is 3.40. The van der Waals surface area contributed by atoms with Crippen molar-refractivity contribution in [1.29, 1.82) is 5.41 Å². The maximum Gasteiger partial charge on any atom is 0.162 e. The predicted octanol–water partition coefficient (Wildman–Crippen LogP) is 6.08. The lowest BCUT2D eigenvalue weighted by Gasteiger charge is -2.20. The van der Waals surface area contributed by atoms with Crippen LogP contribution >= 0.6 is 0 Å². The first-order valence-corrected chi connectivity index (χ1v) is 12.3. The van der Waals surface area contributed by atoms with Crippen molar-refractivity contribution >= 4 is 29.1 Å². The number of aryl methyl sites for hydroxylation is 1. The van der Waals surface area contributed by atoms with Crippen LogP contribution in [0, 0.1) is 5.41 Å². The van der Waals surface area contributed by atoms with Crippen molar-refractivity contribution in [3.8, 4) is 0 Å². The molecule has 1 aromatic heterocycles. The Hall–Kier alpha value is -3.51. The zero-order valence-electron chi connectivity index (χ0n) is 21.0. The van der Waals surface area contributed by atoms with Crippen LogP contribution in [0.1, 0.15) is 72.8 Å². The second kappa shape index (κ2) is 10.8. The molecule has 1 atom stereocenters. The van der Waals surface area contributed by atoms with E-state index in [9.17, 15) is 4.79 Å². The molecule has 0 radical (unpaired) electrons. The molecular weight excluding hydrogens is 436 g/mol. The molecule has 1 saturated heterocycles. The summed E-state index contributed by atoms with van der Waals surface area (Å²) in [4.78, 5) is 17.8. The zero-order chi connectivity index (χ0) is 24.9. The molecule has 2 aliphatic rings. The molecule has 3 N–H and O–H groups in total. The van der Waals surface area contributed by atoms with Crippen LogP contribution in [-0.2, 0) is 17.6 Å². The van der Waals surface area contributed by atoms with Gasteiger partial charge >= 0.3 is 0 Å². The Kier molecular flexibility index (Phi) is 7.61. The van der Waals surface area contributed by atoms with E-state index in [1.54, 1.807) is 6.92 Å². The highest BCUT2D eigenvalue weighted by molar-refractivity contribution is 6.13. The van der Waals surface area contributed by atoms with Crippen molar-refractivity contribution in [3.05, 3.63) is 81.8 Å². The topological polar surface area (TPSA) is 87.1 Å². The summed E-state index contributed by atoms with van der Waals surface area (Å²) < 4.78 is 5.58. The molecule has 2 aliphatic heterocycles. The lowest BCUT2D eigenvalue weighted by atomic mass is 9.89. The Morgan fingerprint density at radius 3 is 2.66 bits per heavy atom. The summed E-state index contributed by atoms with van der Waals surface area (Å²) in [6, 6.07) is 8.05. The van der Waals surface area contributed by atoms with Crippen molar-refractivity contribution in [2.45, 2.75) is 52.9 Å². The molecule has 0 amide bonds. The van der Waals surface area contributed by atoms with Gasteiger partial charge in [-0.1, -0.05) is 32.1 Å². The standard InChI is InChI=1S/C29H34N4O2/c1-5-21-23(24(15-30)26-10-7-18(3)16-31-26)8-11-27(29(21)19(4)34)33-28-12-9-22(25(6-2)32-28)20-13-14-35-17-20/h7-12,15-16,20,30-31H,5-6,13-14,17H2,1-4H3,(H,32,33)/b26-24+,30-15?/t20-/m0/s1. The van der Waals surface area contributed by atoms with Crippen molar-refractivity contribution in [1.82, 2.24) is 10.3 Å². The average molecular weight is 471 g/mol. The van der Waals surface area contributed by atoms with Gasteiger partial charge in [0.25, 0.3) is 0 Å². The molecule has 1 fully saturated rings. The minimum atomic E-state index is -0.0149. The van der Waals surface area contributed by atoms with Crippen molar-refractivity contribution in [2.24, 2.45) is 0 Å². The number of Topliss-reactive ketones (excluding diaryl/α,β-unsaturated/α-hetero) is 1. The molecule has 4 rings (SSSR count). The lowest BCUT2D eigenvalue weighted by Crippen LogP contribution is -2.13. The highest BCUT2D eigenvalue weighted by Crippen LogP contribution is 2.33. The number of aromatic nitrogens is 1. The molecule has 35 heavy (non-hydrogen) atoms. The maximum absolute atomic E-state index is 12.9. The van der Waals surface area contributed by atoms with Gasteiger partial charge < -0.3 is 20.8 Å². The number of ketones is 1. The van der Waals surface area contributed by atoms with Crippen LogP contribution in [0.2, 0.25) is 0 Å². The monoisotopic (exact) mass is 470 g/mol. The minimum absolute atomic E-state index is 0.0149. The SMILES string of the molecule is CCc1nc(Nc2ccc(/C(C=N)=C3\C=CC(C)=CN3)c(CC)c2C(C)=O)ccc1[C@H]1CCOC1. The first-order chi connectivity index (χ1) is 17.0. The Labute approximate surface area is 207 Å². The van der Waals surface area contributed by atoms with Gasteiger partial charge in [-0.2, -0.15) is 0 Å². The van der Waals surface area contributed by atoms with E-state index in [2.05, 4.69) is 23.6 Å². The van der Waals surface area contributed by atoms with E-state index in [1.165, 1.54) is 11.8 Å². The van der Waals surface area contributed by atoms with Crippen LogP contribution in [0.5, 0.6) is 0 Å². The molecule has 6 nitrogen and oxygen atoms in total. The zero-order valence-corrected chi connectivity index (χ0v) is 21.0. The van der Waals surface area contributed by atoms with Gasteiger partial charge in [0.2, 0.25) is 0 Å². The van der Waals surface area contributed by atoms with Crippen LogP contribution in [0.25, 0.3) is 5.57 Å². The second-order valence-corrected chi connectivity index (χ2v) is 9.03. The molecule has 2 aromatic rings. The minimum Gasteiger partial charge on any atom is -0.381 e. The maximum atomic E-state index is 12.9. The number of pyridine rings is 1. The van der Waals surface area contributed by atoms with Crippen LogP contribution in [0.4, 0.5) is 11.5 Å². The summed E-state index contributed by atoms with van der Waals surface area (Å²) in [5.74, 6) is 1.11. The van der Waals surface area contributed by atoms with E-state index in [0.717, 1.165) is 71.2 Å². The number of allylic oxidation sites excluding steroid dienone is 4. The summed E-state index contributed by atoms with van der Waals surface area (Å²) in [6.45, 7) is 9.33. The third-order valence-electron chi connectivity index (χ3n) is 6.69. The number of anilines is 2. The highest BCUT2D eigenvalue weighted by atomic mass is 16.5. The third-order valence-corrected chi connectivity index (χ3v) is 6.69. The summed E-state index contributed by atoms with van der Waals surface area (Å²) in [5, 5.41) is 14.8. The lowest BCUT2D eigenvalue weighted by molar-refractivity contribution is 0.101. The number of nitrogens with one attached hydrogen (secondary N) is 3. The summed E-state index contributed by atoms with van der Waals surface area (Å²) >= 11 is 0. The number of hydrogen-bond acceptors (Lipinski definition) is 6. The molecule has 3 heterocycles. The number of dihydropyridines is 1. The van der Waals surface area contributed by atoms with Gasteiger partial charge in [-0.05, 0) is 73.6 Å². The van der Waals surface area contributed by atoms with Gasteiger partial charge in [0.1, 0.15) is 5.82 Å². The number of ether oxygens (including phenoxy) is 1. The smallest absolute Gasteiger partial charge is 0.162 e. The van der Waals surface area contributed by atoms with E-state index in [0.29, 0.717) is 17.9 Å². The molecular formula is C29H34N4O2. The largest absolute Gasteiger partial charge is 0.381 e. The number of nitrogens with zero attached hydrogens (tertiary/aromatic N) is 1. The third kappa shape index (κ3) is 5.13.